The molecule has 0 aromatic carbocycles. The summed E-state index contributed by atoms with van der Waals surface area (Å²) >= 11 is 0. The largest absolute Gasteiger partial charge is 0.373 e. The zero-order chi connectivity index (χ0) is 29.5. The van der Waals surface area contributed by atoms with Crippen LogP contribution in [0.2, 0.25) is 0 Å². The zero-order valence-electron chi connectivity index (χ0n) is 25.2. The highest BCUT2D eigenvalue weighted by molar-refractivity contribution is 5.86. The van der Waals surface area contributed by atoms with Gasteiger partial charge in [-0.2, -0.15) is 0 Å². The number of carbonyl (C=O) groups excluding carboxylic acids is 1. The number of nitrogens with one attached hydrogen (secondary N) is 4. The molecule has 1 aliphatic heterocycles. The molecular weight excluding hydrogens is 510 g/mol. The maximum absolute atomic E-state index is 11.5. The third kappa shape index (κ3) is 10.7. The standard InChI is InChI=1S/C33H49N7O/c1-6-20-40(38-8-3)24-32-37-23-30-17-16-28(21-29(30)14-12-25(4)39-32)27-11-9-10-26(13-15-27)22-36-31(34-5)18-19-35-33(41)7-2/h8,12-15,21,26-28,30,38H,3-4,6-7,10,16-20,22-24H2,1-2,5H3,(H,34,36)(H,35,41)(H,37,39)/b14-12-/t26?,27?,28?,30-/m0/s1. The third-order valence-corrected chi connectivity index (χ3v) is 7.65. The number of rotatable bonds is 13. The van der Waals surface area contributed by atoms with Crippen molar-refractivity contribution in [2.24, 2.45) is 33.7 Å². The van der Waals surface area contributed by atoms with Gasteiger partial charge in [-0.25, -0.2) is 5.01 Å². The Balaban J connectivity index is 1.60. The number of amides is 1. The van der Waals surface area contributed by atoms with Crippen LogP contribution in [0.4, 0.5) is 0 Å². The summed E-state index contributed by atoms with van der Waals surface area (Å²) in [6, 6.07) is 0. The number of aliphatic imine (C=N–C) groups is 2. The van der Waals surface area contributed by atoms with Crippen LogP contribution >= 0.6 is 0 Å². The van der Waals surface area contributed by atoms with Crippen LogP contribution in [0.3, 0.4) is 0 Å². The molecule has 0 spiro atoms. The molecule has 2 aliphatic carbocycles. The molecule has 3 aliphatic rings. The molecular formula is C33H49N7O. The molecule has 8 heteroatoms. The minimum Gasteiger partial charge on any atom is -0.373 e. The monoisotopic (exact) mass is 559 g/mol. The van der Waals surface area contributed by atoms with Crippen molar-refractivity contribution in [2.45, 2.75) is 52.4 Å². The summed E-state index contributed by atoms with van der Waals surface area (Å²) in [4.78, 5) is 20.8. The summed E-state index contributed by atoms with van der Waals surface area (Å²) in [6.07, 6.45) is 18.3. The lowest BCUT2D eigenvalue weighted by Gasteiger charge is -2.29. The van der Waals surface area contributed by atoms with Crippen LogP contribution in [0.1, 0.15) is 52.4 Å². The van der Waals surface area contributed by atoms with Crippen molar-refractivity contribution < 1.29 is 4.79 Å². The molecule has 222 valence electrons. The van der Waals surface area contributed by atoms with Crippen molar-refractivity contribution >= 4 is 17.6 Å². The number of carbonyl (C=O) groups is 1. The van der Waals surface area contributed by atoms with Gasteiger partial charge in [0, 0.05) is 82.1 Å². The molecule has 4 N–H and O–H groups in total. The van der Waals surface area contributed by atoms with E-state index in [4.69, 9.17) is 4.99 Å². The van der Waals surface area contributed by atoms with Crippen molar-refractivity contribution in [3.63, 3.8) is 0 Å². The molecule has 0 radical (unpaired) electrons. The molecule has 4 atom stereocenters. The second-order valence-corrected chi connectivity index (χ2v) is 10.8. The Morgan fingerprint density at radius 2 is 2.12 bits per heavy atom. The highest BCUT2D eigenvalue weighted by Crippen LogP contribution is 2.35. The van der Waals surface area contributed by atoms with E-state index in [2.05, 4.69) is 93.7 Å². The first kappa shape index (κ1) is 32.0. The van der Waals surface area contributed by atoms with Gasteiger partial charge in [-0.05, 0) is 36.8 Å². The van der Waals surface area contributed by atoms with E-state index in [1.54, 1.807) is 13.2 Å². The molecule has 0 saturated heterocycles. The summed E-state index contributed by atoms with van der Waals surface area (Å²) < 4.78 is 0. The second-order valence-electron chi connectivity index (χ2n) is 10.8. The quantitative estimate of drug-likeness (QED) is 0.0897. The first-order valence-corrected chi connectivity index (χ1v) is 15.1. The van der Waals surface area contributed by atoms with Crippen LogP contribution in [0.25, 0.3) is 0 Å². The highest BCUT2D eigenvalue weighted by atomic mass is 16.1. The number of hydrogen-bond donors (Lipinski definition) is 4. The van der Waals surface area contributed by atoms with Gasteiger partial charge in [-0.15, -0.1) is 5.92 Å². The Morgan fingerprint density at radius 1 is 1.27 bits per heavy atom. The van der Waals surface area contributed by atoms with Crippen LogP contribution in [0.15, 0.2) is 71.0 Å². The minimum absolute atomic E-state index is 0.0672. The molecule has 0 bridgehead atoms. The summed E-state index contributed by atoms with van der Waals surface area (Å²) in [6.45, 7) is 15.7. The molecule has 1 amide bonds. The lowest BCUT2D eigenvalue weighted by Crippen LogP contribution is -2.43. The van der Waals surface area contributed by atoms with Crippen molar-refractivity contribution in [3.8, 4) is 11.8 Å². The van der Waals surface area contributed by atoms with Gasteiger partial charge in [-0.3, -0.25) is 14.8 Å². The van der Waals surface area contributed by atoms with Gasteiger partial charge in [0.05, 0.1) is 12.4 Å². The molecule has 3 unspecified atom stereocenters. The topological polar surface area (TPSA) is 93.1 Å². The summed E-state index contributed by atoms with van der Waals surface area (Å²) in [5, 5.41) is 11.9. The Kier molecular flexibility index (Phi) is 13.5. The fraction of sp³-hybridized carbons (Fsp3) is 0.545. The fourth-order valence-corrected chi connectivity index (χ4v) is 5.31. The van der Waals surface area contributed by atoms with E-state index >= 15 is 0 Å². The number of hydrazine groups is 1. The van der Waals surface area contributed by atoms with Crippen LogP contribution in [-0.2, 0) is 4.79 Å². The molecule has 0 fully saturated rings. The lowest BCUT2D eigenvalue weighted by molar-refractivity contribution is -0.120. The van der Waals surface area contributed by atoms with Gasteiger partial charge < -0.3 is 21.4 Å². The molecule has 8 nitrogen and oxygen atoms in total. The predicted molar refractivity (Wildman–Crippen MR) is 171 cm³/mol. The number of fused-ring (bicyclic) bond motifs is 1. The van der Waals surface area contributed by atoms with Gasteiger partial charge in [0.25, 0.3) is 0 Å². The maximum Gasteiger partial charge on any atom is 0.219 e. The Bertz CT molecular complexity index is 1120. The lowest BCUT2D eigenvalue weighted by atomic mass is 9.76. The number of hydrogen-bond acceptors (Lipinski definition) is 6. The molecule has 0 aromatic heterocycles. The predicted octanol–water partition coefficient (Wildman–Crippen LogP) is 4.10. The average Bonchev–Trinajstić information content (AvgIpc) is 3.18. The zero-order valence-corrected chi connectivity index (χ0v) is 25.2. The van der Waals surface area contributed by atoms with Gasteiger partial charge in [-0.1, -0.05) is 57.2 Å². The van der Waals surface area contributed by atoms with Crippen LogP contribution in [0.5, 0.6) is 0 Å². The van der Waals surface area contributed by atoms with Crippen molar-refractivity contribution in [3.05, 3.63) is 61.0 Å². The average molecular weight is 560 g/mol. The minimum atomic E-state index is 0.0672. The molecule has 0 aromatic rings. The number of amidine groups is 2. The van der Waals surface area contributed by atoms with E-state index in [-0.39, 0.29) is 11.8 Å². The van der Waals surface area contributed by atoms with E-state index in [1.165, 1.54) is 5.57 Å². The van der Waals surface area contributed by atoms with Gasteiger partial charge >= 0.3 is 0 Å². The SMILES string of the molecule is C=CNN(CCC)CC1=NC[C@@H]2CCC(C3C#CCC(CNC(CCNC(=O)CC)=NC)C=C3)C=C2/C=C\C(=C)N1. The van der Waals surface area contributed by atoms with E-state index < -0.39 is 0 Å². The smallest absolute Gasteiger partial charge is 0.219 e. The first-order valence-electron chi connectivity index (χ1n) is 15.1. The molecule has 1 heterocycles. The van der Waals surface area contributed by atoms with Gasteiger partial charge in [0.2, 0.25) is 5.91 Å². The fourth-order valence-electron chi connectivity index (χ4n) is 5.31. The van der Waals surface area contributed by atoms with Crippen LogP contribution < -0.4 is 21.4 Å². The van der Waals surface area contributed by atoms with E-state index in [1.807, 2.05) is 6.92 Å². The Hall–Kier alpha value is -3.57. The van der Waals surface area contributed by atoms with Crippen LogP contribution in [0, 0.1) is 35.5 Å². The molecule has 0 saturated carbocycles. The highest BCUT2D eigenvalue weighted by Gasteiger charge is 2.27. The molecule has 41 heavy (non-hydrogen) atoms. The van der Waals surface area contributed by atoms with Crippen molar-refractivity contribution in [2.75, 3.05) is 39.8 Å². The number of allylic oxidation sites excluding steroid dienone is 4. The summed E-state index contributed by atoms with van der Waals surface area (Å²) in [5.74, 6) is 10.2. The first-order chi connectivity index (χ1) is 19.9. The third-order valence-electron chi connectivity index (χ3n) is 7.65. The summed E-state index contributed by atoms with van der Waals surface area (Å²) in [5.41, 5.74) is 5.38. The Morgan fingerprint density at radius 3 is 2.88 bits per heavy atom. The van der Waals surface area contributed by atoms with E-state index in [0.717, 1.165) is 62.7 Å². The second kappa shape index (κ2) is 17.3. The normalized spacial score (nSPS) is 25.0. The number of nitrogens with zero attached hydrogens (tertiary/aromatic N) is 3. The van der Waals surface area contributed by atoms with E-state index in [0.29, 0.717) is 43.7 Å². The van der Waals surface area contributed by atoms with Gasteiger partial charge in [0.1, 0.15) is 5.84 Å². The van der Waals surface area contributed by atoms with Crippen LogP contribution in [-0.4, -0.2) is 62.4 Å². The van der Waals surface area contributed by atoms with Gasteiger partial charge in [0.15, 0.2) is 0 Å². The van der Waals surface area contributed by atoms with Crippen molar-refractivity contribution in [1.29, 1.82) is 0 Å². The maximum atomic E-state index is 11.5. The summed E-state index contributed by atoms with van der Waals surface area (Å²) in [7, 11) is 1.79. The Labute approximate surface area is 247 Å². The van der Waals surface area contributed by atoms with Crippen molar-refractivity contribution in [1.82, 2.24) is 26.4 Å². The van der Waals surface area contributed by atoms with E-state index in [9.17, 15) is 4.79 Å². The molecule has 3 rings (SSSR count).